The van der Waals surface area contributed by atoms with Gasteiger partial charge in [0, 0.05) is 37.7 Å². The Morgan fingerprint density at radius 2 is 1.81 bits per heavy atom. The summed E-state index contributed by atoms with van der Waals surface area (Å²) in [6.45, 7) is 4.52. The number of rotatable bonds is 5. The minimum atomic E-state index is -0.546. The predicted octanol–water partition coefficient (Wildman–Crippen LogP) is 4.84. The van der Waals surface area contributed by atoms with Crippen LogP contribution >= 0.6 is 11.6 Å². The lowest BCUT2D eigenvalue weighted by atomic mass is 10.2. The number of aromatic nitrogens is 1. The zero-order chi connectivity index (χ0) is 21.6. The van der Waals surface area contributed by atoms with E-state index < -0.39 is 11.7 Å². The number of hydrogen-bond donors (Lipinski definition) is 1. The summed E-state index contributed by atoms with van der Waals surface area (Å²) in [5.74, 6) is -0.170. The third kappa shape index (κ3) is 5.40. The highest BCUT2D eigenvalue weighted by Crippen LogP contribution is 2.20. The summed E-state index contributed by atoms with van der Waals surface area (Å²) in [5.41, 5.74) is 1.69. The van der Waals surface area contributed by atoms with Crippen molar-refractivity contribution in [2.75, 3.05) is 36.4 Å². The van der Waals surface area contributed by atoms with Crippen molar-refractivity contribution >= 4 is 29.0 Å². The third-order valence-electron chi connectivity index (χ3n) is 5.39. The van der Waals surface area contributed by atoms with Crippen LogP contribution in [0.15, 0.2) is 66.9 Å². The predicted molar refractivity (Wildman–Crippen MR) is 122 cm³/mol. The molecule has 2 aromatic carbocycles. The second kappa shape index (κ2) is 9.90. The van der Waals surface area contributed by atoms with Gasteiger partial charge in [-0.3, -0.25) is 9.69 Å². The molecule has 0 bridgehead atoms. The zero-order valence-electron chi connectivity index (χ0n) is 17.1. The molecule has 7 heteroatoms. The van der Waals surface area contributed by atoms with Gasteiger partial charge in [-0.05, 0) is 42.3 Å². The Morgan fingerprint density at radius 3 is 2.58 bits per heavy atom. The summed E-state index contributed by atoms with van der Waals surface area (Å²) in [7, 11) is 0. The maximum Gasteiger partial charge on any atom is 0.258 e. The van der Waals surface area contributed by atoms with E-state index in [1.165, 1.54) is 12.1 Å². The Bertz CT molecular complexity index is 1040. The van der Waals surface area contributed by atoms with Gasteiger partial charge in [-0.25, -0.2) is 9.37 Å². The van der Waals surface area contributed by atoms with Crippen LogP contribution in [0, 0.1) is 5.82 Å². The highest BCUT2D eigenvalue weighted by molar-refractivity contribution is 6.31. The van der Waals surface area contributed by atoms with E-state index in [0.717, 1.165) is 55.5 Å². The van der Waals surface area contributed by atoms with Crippen LogP contribution in [0.4, 0.5) is 15.9 Å². The van der Waals surface area contributed by atoms with E-state index in [2.05, 4.69) is 26.2 Å². The van der Waals surface area contributed by atoms with Crippen LogP contribution in [0.1, 0.15) is 22.3 Å². The molecule has 1 aliphatic heterocycles. The summed E-state index contributed by atoms with van der Waals surface area (Å²) in [4.78, 5) is 21.4. The van der Waals surface area contributed by atoms with Gasteiger partial charge in [0.2, 0.25) is 0 Å². The molecule has 1 saturated heterocycles. The molecule has 0 saturated carbocycles. The van der Waals surface area contributed by atoms with Gasteiger partial charge in [0.1, 0.15) is 11.6 Å². The van der Waals surface area contributed by atoms with E-state index in [4.69, 9.17) is 11.6 Å². The minimum absolute atomic E-state index is 0.0118. The first-order valence-corrected chi connectivity index (χ1v) is 10.7. The van der Waals surface area contributed by atoms with E-state index in [9.17, 15) is 9.18 Å². The molecular formula is C24H24ClFN4O. The number of halogens is 2. The molecule has 1 aliphatic rings. The van der Waals surface area contributed by atoms with Crippen molar-refractivity contribution in [3.63, 3.8) is 0 Å². The summed E-state index contributed by atoms with van der Waals surface area (Å²) >= 11 is 6.31. The topological polar surface area (TPSA) is 48.5 Å². The number of hydrogen-bond acceptors (Lipinski definition) is 4. The molecule has 0 spiro atoms. The van der Waals surface area contributed by atoms with Crippen molar-refractivity contribution < 1.29 is 9.18 Å². The monoisotopic (exact) mass is 438 g/mol. The first-order valence-electron chi connectivity index (χ1n) is 10.3. The smallest absolute Gasteiger partial charge is 0.258 e. The second-order valence-electron chi connectivity index (χ2n) is 7.55. The fraction of sp³-hybridized carbons (Fsp3) is 0.250. The quantitative estimate of drug-likeness (QED) is 0.619. The average molecular weight is 439 g/mol. The fourth-order valence-electron chi connectivity index (χ4n) is 3.72. The van der Waals surface area contributed by atoms with Gasteiger partial charge in [-0.15, -0.1) is 0 Å². The molecule has 3 aromatic rings. The molecule has 1 fully saturated rings. The minimum Gasteiger partial charge on any atom is -0.355 e. The normalized spacial score (nSPS) is 14.8. The molecular weight excluding hydrogens is 415 g/mol. The van der Waals surface area contributed by atoms with Crippen LogP contribution in [-0.4, -0.2) is 42.0 Å². The molecule has 0 radical (unpaired) electrons. The SMILES string of the molecule is O=C(Nc1ccc(N2CCCN(Cc3ccccc3Cl)CC2)nc1)c1ccccc1F. The Labute approximate surface area is 186 Å². The first kappa shape index (κ1) is 21.3. The number of anilines is 2. The fourth-order valence-corrected chi connectivity index (χ4v) is 3.91. The van der Waals surface area contributed by atoms with E-state index >= 15 is 0 Å². The summed E-state index contributed by atoms with van der Waals surface area (Å²) in [6.07, 6.45) is 2.64. The second-order valence-corrected chi connectivity index (χ2v) is 7.95. The van der Waals surface area contributed by atoms with Gasteiger partial charge < -0.3 is 10.2 Å². The number of pyridine rings is 1. The Balaban J connectivity index is 1.35. The maximum atomic E-state index is 13.8. The highest BCUT2D eigenvalue weighted by Gasteiger charge is 2.17. The van der Waals surface area contributed by atoms with Gasteiger partial charge in [-0.2, -0.15) is 0 Å². The number of carbonyl (C=O) groups is 1. The molecule has 1 aromatic heterocycles. The lowest BCUT2D eigenvalue weighted by Gasteiger charge is -2.23. The molecule has 1 amide bonds. The number of nitrogens with one attached hydrogen (secondary N) is 1. The van der Waals surface area contributed by atoms with Crippen LogP contribution < -0.4 is 10.2 Å². The summed E-state index contributed by atoms with van der Waals surface area (Å²) in [5, 5.41) is 3.50. The van der Waals surface area contributed by atoms with Crippen molar-refractivity contribution in [1.29, 1.82) is 0 Å². The molecule has 31 heavy (non-hydrogen) atoms. The standard InChI is InChI=1S/C24H24ClFN4O/c25-21-8-3-1-6-18(21)17-29-12-5-13-30(15-14-29)23-11-10-19(16-27-23)28-24(31)20-7-2-4-9-22(20)26/h1-4,6-11,16H,5,12-15,17H2,(H,28,31). The van der Waals surface area contributed by atoms with Crippen LogP contribution in [0.2, 0.25) is 5.02 Å². The van der Waals surface area contributed by atoms with Crippen molar-refractivity contribution in [2.24, 2.45) is 0 Å². The van der Waals surface area contributed by atoms with Crippen LogP contribution in [-0.2, 0) is 6.54 Å². The average Bonchev–Trinajstić information content (AvgIpc) is 3.02. The molecule has 2 heterocycles. The molecule has 5 nitrogen and oxygen atoms in total. The molecule has 0 unspecified atom stereocenters. The van der Waals surface area contributed by atoms with E-state index in [0.29, 0.717) is 5.69 Å². The maximum absolute atomic E-state index is 13.8. The Morgan fingerprint density at radius 1 is 1.00 bits per heavy atom. The van der Waals surface area contributed by atoms with Gasteiger partial charge in [-0.1, -0.05) is 41.9 Å². The first-order chi connectivity index (χ1) is 15.1. The highest BCUT2D eigenvalue weighted by atomic mass is 35.5. The van der Waals surface area contributed by atoms with Crippen LogP contribution in [0.3, 0.4) is 0 Å². The van der Waals surface area contributed by atoms with Crippen molar-refractivity contribution in [2.45, 2.75) is 13.0 Å². The van der Waals surface area contributed by atoms with E-state index in [1.54, 1.807) is 24.4 Å². The third-order valence-corrected chi connectivity index (χ3v) is 5.76. The molecule has 160 valence electrons. The van der Waals surface area contributed by atoms with E-state index in [-0.39, 0.29) is 5.56 Å². The molecule has 1 N–H and O–H groups in total. The van der Waals surface area contributed by atoms with Gasteiger partial charge in [0.15, 0.2) is 0 Å². The Hall–Kier alpha value is -2.96. The lowest BCUT2D eigenvalue weighted by Crippen LogP contribution is -2.31. The number of benzene rings is 2. The summed E-state index contributed by atoms with van der Waals surface area (Å²) < 4.78 is 13.8. The van der Waals surface area contributed by atoms with Crippen molar-refractivity contribution in [3.05, 3.63) is 88.8 Å². The molecule has 0 atom stereocenters. The largest absolute Gasteiger partial charge is 0.355 e. The molecule has 0 aliphatic carbocycles. The van der Waals surface area contributed by atoms with E-state index in [1.807, 2.05) is 24.3 Å². The number of amides is 1. The van der Waals surface area contributed by atoms with Gasteiger partial charge in [0.05, 0.1) is 17.4 Å². The number of nitrogens with zero attached hydrogens (tertiary/aromatic N) is 3. The van der Waals surface area contributed by atoms with Gasteiger partial charge in [0.25, 0.3) is 5.91 Å². The lowest BCUT2D eigenvalue weighted by molar-refractivity contribution is 0.102. The van der Waals surface area contributed by atoms with Gasteiger partial charge >= 0.3 is 0 Å². The van der Waals surface area contributed by atoms with Crippen molar-refractivity contribution in [3.8, 4) is 0 Å². The van der Waals surface area contributed by atoms with Crippen LogP contribution in [0.5, 0.6) is 0 Å². The summed E-state index contributed by atoms with van der Waals surface area (Å²) in [6, 6.07) is 17.6. The van der Waals surface area contributed by atoms with Crippen LogP contribution in [0.25, 0.3) is 0 Å². The Kier molecular flexibility index (Phi) is 6.79. The van der Waals surface area contributed by atoms with Crippen molar-refractivity contribution in [1.82, 2.24) is 9.88 Å². The zero-order valence-corrected chi connectivity index (χ0v) is 17.9. The number of carbonyl (C=O) groups excluding carboxylic acids is 1. The molecule has 4 rings (SSSR count).